The van der Waals surface area contributed by atoms with Crippen LogP contribution in [0.15, 0.2) is 36.4 Å². The molecule has 0 atom stereocenters. The molecule has 0 unspecified atom stereocenters. The third kappa shape index (κ3) is 3.26. The van der Waals surface area contributed by atoms with E-state index in [1.165, 1.54) is 7.11 Å². The van der Waals surface area contributed by atoms with E-state index >= 15 is 0 Å². The van der Waals surface area contributed by atoms with Crippen LogP contribution in [0.1, 0.15) is 12.0 Å². The molecule has 2 aromatic rings. The highest BCUT2D eigenvalue weighted by atomic mass is 16.5. The first-order valence-corrected chi connectivity index (χ1v) is 5.86. The van der Waals surface area contributed by atoms with E-state index in [4.69, 9.17) is 4.74 Å². The molecule has 0 saturated heterocycles. The van der Waals surface area contributed by atoms with Crippen LogP contribution in [0.25, 0.3) is 10.8 Å². The van der Waals surface area contributed by atoms with Gasteiger partial charge in [-0.2, -0.15) is 0 Å². The second-order valence-electron chi connectivity index (χ2n) is 3.98. The SMILES string of the molecule is COC(=O)CC#Cc1ccc2cc(OC)ccc2c1. The highest BCUT2D eigenvalue weighted by molar-refractivity contribution is 5.85. The molecule has 0 aliphatic heterocycles. The van der Waals surface area contributed by atoms with Gasteiger partial charge in [-0.1, -0.05) is 24.0 Å². The van der Waals surface area contributed by atoms with Crippen LogP contribution in [0, 0.1) is 11.8 Å². The lowest BCUT2D eigenvalue weighted by Gasteiger charge is -2.02. The fourth-order valence-corrected chi connectivity index (χ4v) is 1.72. The van der Waals surface area contributed by atoms with Crippen LogP contribution in [0.5, 0.6) is 5.75 Å². The lowest BCUT2D eigenvalue weighted by Crippen LogP contribution is -1.96. The summed E-state index contributed by atoms with van der Waals surface area (Å²) in [5.41, 5.74) is 0.876. The smallest absolute Gasteiger partial charge is 0.317 e. The van der Waals surface area contributed by atoms with Gasteiger partial charge in [-0.15, -0.1) is 0 Å². The van der Waals surface area contributed by atoms with E-state index in [1.807, 2.05) is 36.4 Å². The van der Waals surface area contributed by atoms with E-state index in [1.54, 1.807) is 7.11 Å². The molecule has 19 heavy (non-hydrogen) atoms. The number of fused-ring (bicyclic) bond motifs is 1. The summed E-state index contributed by atoms with van der Waals surface area (Å²) in [5, 5.41) is 2.18. The van der Waals surface area contributed by atoms with Crippen molar-refractivity contribution in [3.8, 4) is 17.6 Å². The van der Waals surface area contributed by atoms with Crippen LogP contribution in [-0.4, -0.2) is 20.2 Å². The summed E-state index contributed by atoms with van der Waals surface area (Å²) in [5.74, 6) is 6.25. The van der Waals surface area contributed by atoms with Crippen molar-refractivity contribution in [2.45, 2.75) is 6.42 Å². The summed E-state index contributed by atoms with van der Waals surface area (Å²) in [7, 11) is 3.00. The molecule has 0 amide bonds. The number of esters is 1. The molecule has 0 heterocycles. The maximum absolute atomic E-state index is 10.9. The van der Waals surface area contributed by atoms with Gasteiger partial charge in [0.15, 0.2) is 0 Å². The van der Waals surface area contributed by atoms with Gasteiger partial charge in [0, 0.05) is 5.56 Å². The second kappa shape index (κ2) is 5.92. The van der Waals surface area contributed by atoms with Crippen molar-refractivity contribution in [3.63, 3.8) is 0 Å². The Morgan fingerprint density at radius 2 is 1.84 bits per heavy atom. The summed E-state index contributed by atoms with van der Waals surface area (Å²) >= 11 is 0. The van der Waals surface area contributed by atoms with Crippen LogP contribution < -0.4 is 4.74 Å². The number of hydrogen-bond donors (Lipinski definition) is 0. The van der Waals surface area contributed by atoms with Gasteiger partial charge in [0.25, 0.3) is 0 Å². The molecule has 0 spiro atoms. The van der Waals surface area contributed by atoms with Crippen LogP contribution in [0.3, 0.4) is 0 Å². The Bertz CT molecular complexity index is 662. The predicted molar refractivity (Wildman–Crippen MR) is 74.0 cm³/mol. The van der Waals surface area contributed by atoms with Crippen molar-refractivity contribution in [3.05, 3.63) is 42.0 Å². The molecule has 3 nitrogen and oxygen atoms in total. The maximum atomic E-state index is 10.9. The van der Waals surface area contributed by atoms with E-state index in [0.717, 1.165) is 22.1 Å². The van der Waals surface area contributed by atoms with E-state index in [2.05, 4.69) is 16.6 Å². The van der Waals surface area contributed by atoms with Crippen molar-refractivity contribution < 1.29 is 14.3 Å². The molecule has 0 N–H and O–H groups in total. The highest BCUT2D eigenvalue weighted by Crippen LogP contribution is 2.21. The number of ether oxygens (including phenoxy) is 2. The minimum atomic E-state index is -0.321. The first kappa shape index (κ1) is 13.0. The lowest BCUT2D eigenvalue weighted by atomic mass is 10.1. The Labute approximate surface area is 112 Å². The van der Waals surface area contributed by atoms with Crippen LogP contribution in [0.2, 0.25) is 0 Å². The molecule has 0 radical (unpaired) electrons. The minimum absolute atomic E-state index is 0.108. The molecule has 0 aliphatic carbocycles. The molecular formula is C16H14O3. The zero-order chi connectivity index (χ0) is 13.7. The summed E-state index contributed by atoms with van der Waals surface area (Å²) < 4.78 is 9.71. The molecule has 0 fully saturated rings. The average molecular weight is 254 g/mol. The van der Waals surface area contributed by atoms with Gasteiger partial charge < -0.3 is 9.47 Å². The van der Waals surface area contributed by atoms with Gasteiger partial charge in [0.05, 0.1) is 14.2 Å². The zero-order valence-electron chi connectivity index (χ0n) is 10.9. The van der Waals surface area contributed by atoms with Crippen molar-refractivity contribution in [2.75, 3.05) is 14.2 Å². The standard InChI is InChI=1S/C16H14O3/c1-18-15-9-8-13-10-12(6-7-14(13)11-15)4-3-5-16(17)19-2/h6-11H,5H2,1-2H3. The zero-order valence-corrected chi connectivity index (χ0v) is 10.9. The van der Waals surface area contributed by atoms with E-state index in [9.17, 15) is 4.79 Å². The van der Waals surface area contributed by atoms with Gasteiger partial charge >= 0.3 is 5.97 Å². The Morgan fingerprint density at radius 1 is 1.11 bits per heavy atom. The maximum Gasteiger partial charge on any atom is 0.317 e. The molecule has 96 valence electrons. The molecule has 0 aliphatic rings. The minimum Gasteiger partial charge on any atom is -0.497 e. The molecular weight excluding hydrogens is 240 g/mol. The summed E-state index contributed by atoms with van der Waals surface area (Å²) in [6.45, 7) is 0. The Kier molecular flexibility index (Phi) is 4.04. The Balaban J connectivity index is 2.24. The quantitative estimate of drug-likeness (QED) is 0.610. The Hall–Kier alpha value is -2.47. The monoisotopic (exact) mass is 254 g/mol. The molecule has 0 bridgehead atoms. The first-order chi connectivity index (χ1) is 9.22. The van der Waals surface area contributed by atoms with Crippen molar-refractivity contribution >= 4 is 16.7 Å². The average Bonchev–Trinajstić information content (AvgIpc) is 2.46. The molecule has 0 saturated carbocycles. The Morgan fingerprint density at radius 3 is 2.58 bits per heavy atom. The lowest BCUT2D eigenvalue weighted by molar-refractivity contribution is -0.139. The number of carbonyl (C=O) groups excluding carboxylic acids is 1. The van der Waals surface area contributed by atoms with Gasteiger partial charge in [-0.25, -0.2) is 0 Å². The topological polar surface area (TPSA) is 35.5 Å². The van der Waals surface area contributed by atoms with E-state index in [0.29, 0.717) is 0 Å². The number of methoxy groups -OCH3 is 2. The number of hydrogen-bond acceptors (Lipinski definition) is 3. The van der Waals surface area contributed by atoms with E-state index in [-0.39, 0.29) is 12.4 Å². The normalized spacial score (nSPS) is 9.58. The second-order valence-corrected chi connectivity index (χ2v) is 3.98. The largest absolute Gasteiger partial charge is 0.497 e. The van der Waals surface area contributed by atoms with Gasteiger partial charge in [0.2, 0.25) is 0 Å². The predicted octanol–water partition coefficient (Wildman–Crippen LogP) is 2.76. The van der Waals surface area contributed by atoms with Crippen molar-refractivity contribution in [2.24, 2.45) is 0 Å². The van der Waals surface area contributed by atoms with Crippen LogP contribution in [0.4, 0.5) is 0 Å². The highest BCUT2D eigenvalue weighted by Gasteiger charge is 1.98. The van der Waals surface area contributed by atoms with E-state index < -0.39 is 0 Å². The molecule has 0 aromatic heterocycles. The summed E-state index contributed by atoms with van der Waals surface area (Å²) in [6.07, 6.45) is 0.108. The molecule has 2 aromatic carbocycles. The summed E-state index contributed by atoms with van der Waals surface area (Å²) in [6, 6.07) is 11.8. The third-order valence-electron chi connectivity index (χ3n) is 2.74. The number of carbonyl (C=O) groups is 1. The molecule has 3 heteroatoms. The number of rotatable bonds is 2. The molecule has 2 rings (SSSR count). The fourth-order valence-electron chi connectivity index (χ4n) is 1.72. The van der Waals surface area contributed by atoms with Crippen LogP contribution >= 0.6 is 0 Å². The van der Waals surface area contributed by atoms with Crippen LogP contribution in [-0.2, 0) is 9.53 Å². The number of benzene rings is 2. The van der Waals surface area contributed by atoms with Gasteiger partial charge in [-0.05, 0) is 35.0 Å². The van der Waals surface area contributed by atoms with Gasteiger partial charge in [0.1, 0.15) is 12.2 Å². The first-order valence-electron chi connectivity index (χ1n) is 5.86. The third-order valence-corrected chi connectivity index (χ3v) is 2.74. The van der Waals surface area contributed by atoms with Crippen molar-refractivity contribution in [1.29, 1.82) is 0 Å². The fraction of sp³-hybridized carbons (Fsp3) is 0.188. The summed E-state index contributed by atoms with van der Waals surface area (Å²) in [4.78, 5) is 10.9. The van der Waals surface area contributed by atoms with Crippen molar-refractivity contribution in [1.82, 2.24) is 0 Å². The van der Waals surface area contributed by atoms with Gasteiger partial charge in [-0.3, -0.25) is 4.79 Å².